The topological polar surface area (TPSA) is 56.7 Å². The van der Waals surface area contributed by atoms with Crippen LogP contribution in [0.4, 0.5) is 0 Å². The molecule has 112 valence electrons. The lowest BCUT2D eigenvalue weighted by Gasteiger charge is -2.28. The largest absolute Gasteiger partial charge is 0.384 e. The Labute approximate surface area is 125 Å². The van der Waals surface area contributed by atoms with E-state index in [-0.39, 0.29) is 18.6 Å². The predicted molar refractivity (Wildman–Crippen MR) is 80.8 cm³/mol. The van der Waals surface area contributed by atoms with Gasteiger partial charge in [-0.25, -0.2) is 0 Å². The molecule has 0 spiro atoms. The van der Waals surface area contributed by atoms with Crippen molar-refractivity contribution in [1.82, 2.24) is 14.8 Å². The highest BCUT2D eigenvalue weighted by molar-refractivity contribution is 5.94. The molecule has 1 fully saturated rings. The molecular formula is C16H21N3O2. The Morgan fingerprint density at radius 2 is 2.29 bits per heavy atom. The fourth-order valence-corrected chi connectivity index (χ4v) is 2.61. The first-order valence-corrected chi connectivity index (χ1v) is 7.16. The van der Waals surface area contributed by atoms with Gasteiger partial charge in [-0.2, -0.15) is 0 Å². The van der Waals surface area contributed by atoms with E-state index < -0.39 is 0 Å². The average Bonchev–Trinajstić information content (AvgIpc) is 2.65. The number of hydrogen-bond acceptors (Lipinski definition) is 4. The number of aliphatic hydroxyl groups is 1. The summed E-state index contributed by atoms with van der Waals surface area (Å²) in [7, 11) is 2.08. The van der Waals surface area contributed by atoms with E-state index in [0.29, 0.717) is 11.1 Å². The van der Waals surface area contributed by atoms with Gasteiger partial charge in [0.15, 0.2) is 0 Å². The second-order valence-corrected chi connectivity index (χ2v) is 5.39. The Morgan fingerprint density at radius 1 is 1.48 bits per heavy atom. The average molecular weight is 287 g/mol. The molecule has 2 rings (SSSR count). The summed E-state index contributed by atoms with van der Waals surface area (Å²) >= 11 is 0. The molecule has 2 heterocycles. The number of carbonyl (C=O) groups excluding carboxylic acids is 1. The van der Waals surface area contributed by atoms with E-state index in [9.17, 15) is 4.79 Å². The lowest BCUT2D eigenvalue weighted by Crippen LogP contribution is -2.42. The van der Waals surface area contributed by atoms with Crippen LogP contribution >= 0.6 is 0 Å². The SMILES string of the molecule is CC1CN(C)CCCN1C(=O)c1cncc(C#CCO)c1. The number of nitrogens with zero attached hydrogens (tertiary/aromatic N) is 3. The van der Waals surface area contributed by atoms with Crippen LogP contribution in [-0.2, 0) is 0 Å². The number of pyridine rings is 1. The molecule has 21 heavy (non-hydrogen) atoms. The molecule has 1 amide bonds. The van der Waals surface area contributed by atoms with Crippen LogP contribution in [0.5, 0.6) is 0 Å². The van der Waals surface area contributed by atoms with Crippen LogP contribution in [0.1, 0.15) is 29.3 Å². The number of aliphatic hydroxyl groups excluding tert-OH is 1. The van der Waals surface area contributed by atoms with Crippen LogP contribution in [-0.4, -0.2) is 65.1 Å². The standard InChI is InChI=1S/C16H21N3O2/c1-13-12-18(2)6-4-7-19(13)16(21)15-9-14(5-3-8-20)10-17-11-15/h9-11,13,20H,4,6-8,12H2,1-2H3. The lowest BCUT2D eigenvalue weighted by atomic mass is 10.1. The number of rotatable bonds is 1. The number of likely N-dealkylation sites (N-methyl/N-ethyl adjacent to an activating group) is 1. The molecule has 0 bridgehead atoms. The fourth-order valence-electron chi connectivity index (χ4n) is 2.61. The molecule has 1 atom stereocenters. The zero-order valence-electron chi connectivity index (χ0n) is 12.5. The van der Waals surface area contributed by atoms with Gasteiger partial charge in [-0.15, -0.1) is 0 Å². The van der Waals surface area contributed by atoms with Crippen molar-refractivity contribution in [3.63, 3.8) is 0 Å². The molecule has 1 saturated heterocycles. The van der Waals surface area contributed by atoms with Gasteiger partial charge >= 0.3 is 0 Å². The molecule has 0 aromatic carbocycles. The van der Waals surface area contributed by atoms with Crippen molar-refractivity contribution < 1.29 is 9.90 Å². The van der Waals surface area contributed by atoms with Crippen LogP contribution in [0.15, 0.2) is 18.5 Å². The highest BCUT2D eigenvalue weighted by Crippen LogP contribution is 2.13. The van der Waals surface area contributed by atoms with Crippen molar-refractivity contribution in [3.8, 4) is 11.8 Å². The Hall–Kier alpha value is -1.90. The van der Waals surface area contributed by atoms with E-state index in [2.05, 4.69) is 35.7 Å². The van der Waals surface area contributed by atoms with Crippen LogP contribution in [0.2, 0.25) is 0 Å². The quantitative estimate of drug-likeness (QED) is 0.768. The third kappa shape index (κ3) is 4.03. The first kappa shape index (κ1) is 15.5. The first-order valence-electron chi connectivity index (χ1n) is 7.16. The third-order valence-corrected chi connectivity index (χ3v) is 3.60. The molecule has 1 aliphatic rings. The molecule has 0 saturated carbocycles. The van der Waals surface area contributed by atoms with Gasteiger partial charge in [0.2, 0.25) is 0 Å². The first-order chi connectivity index (χ1) is 10.1. The molecule has 1 aromatic heterocycles. The van der Waals surface area contributed by atoms with Gasteiger partial charge < -0.3 is 14.9 Å². The van der Waals surface area contributed by atoms with E-state index in [1.807, 2.05) is 4.90 Å². The second kappa shape index (κ2) is 7.21. The zero-order valence-corrected chi connectivity index (χ0v) is 12.5. The van der Waals surface area contributed by atoms with Crippen molar-refractivity contribution in [2.45, 2.75) is 19.4 Å². The Bertz CT molecular complexity index is 562. The van der Waals surface area contributed by atoms with Crippen LogP contribution in [0.3, 0.4) is 0 Å². The van der Waals surface area contributed by atoms with E-state index in [4.69, 9.17) is 5.11 Å². The summed E-state index contributed by atoms with van der Waals surface area (Å²) in [5.41, 5.74) is 1.20. The normalized spacial score (nSPS) is 19.6. The van der Waals surface area contributed by atoms with Gasteiger partial charge in [0.25, 0.3) is 5.91 Å². The minimum Gasteiger partial charge on any atom is -0.384 e. The van der Waals surface area contributed by atoms with Crippen molar-refractivity contribution >= 4 is 5.91 Å². The maximum Gasteiger partial charge on any atom is 0.255 e. The highest BCUT2D eigenvalue weighted by Gasteiger charge is 2.25. The summed E-state index contributed by atoms with van der Waals surface area (Å²) in [6.45, 7) is 4.52. The molecule has 1 unspecified atom stereocenters. The van der Waals surface area contributed by atoms with E-state index in [0.717, 1.165) is 26.1 Å². The summed E-state index contributed by atoms with van der Waals surface area (Å²) < 4.78 is 0. The number of hydrogen-bond donors (Lipinski definition) is 1. The highest BCUT2D eigenvalue weighted by atomic mass is 16.2. The van der Waals surface area contributed by atoms with Crippen molar-refractivity contribution in [2.75, 3.05) is 33.3 Å². The predicted octanol–water partition coefficient (Wildman–Crippen LogP) is 0.592. The molecule has 1 aromatic rings. The molecule has 5 nitrogen and oxygen atoms in total. The molecule has 0 aliphatic carbocycles. The maximum absolute atomic E-state index is 12.7. The van der Waals surface area contributed by atoms with Crippen molar-refractivity contribution in [3.05, 3.63) is 29.6 Å². The molecule has 1 N–H and O–H groups in total. The zero-order chi connectivity index (χ0) is 15.2. The van der Waals surface area contributed by atoms with E-state index in [1.165, 1.54) is 0 Å². The Morgan fingerprint density at radius 3 is 3.05 bits per heavy atom. The molecule has 0 radical (unpaired) electrons. The van der Waals surface area contributed by atoms with Gasteiger partial charge in [-0.3, -0.25) is 9.78 Å². The summed E-state index contributed by atoms with van der Waals surface area (Å²) in [6.07, 6.45) is 4.15. The van der Waals surface area contributed by atoms with E-state index in [1.54, 1.807) is 18.5 Å². The Kier molecular flexibility index (Phi) is 5.32. The molecular weight excluding hydrogens is 266 g/mol. The number of carbonyl (C=O) groups is 1. The van der Waals surface area contributed by atoms with Gasteiger partial charge in [0.1, 0.15) is 6.61 Å². The lowest BCUT2D eigenvalue weighted by molar-refractivity contribution is 0.0696. The van der Waals surface area contributed by atoms with Crippen LogP contribution < -0.4 is 0 Å². The van der Waals surface area contributed by atoms with Gasteiger partial charge in [0, 0.05) is 37.1 Å². The molecule has 5 heteroatoms. The van der Waals surface area contributed by atoms with Gasteiger partial charge in [-0.05, 0) is 33.0 Å². The minimum atomic E-state index is -0.201. The fraction of sp³-hybridized carbons (Fsp3) is 0.500. The summed E-state index contributed by atoms with van der Waals surface area (Å²) in [5, 5.41) is 8.73. The minimum absolute atomic E-state index is 0.00190. The molecule has 1 aliphatic heterocycles. The summed E-state index contributed by atoms with van der Waals surface area (Å²) in [6, 6.07) is 1.91. The number of aromatic nitrogens is 1. The monoisotopic (exact) mass is 287 g/mol. The number of amides is 1. The second-order valence-electron chi connectivity index (χ2n) is 5.39. The van der Waals surface area contributed by atoms with Crippen LogP contribution in [0, 0.1) is 11.8 Å². The summed E-state index contributed by atoms with van der Waals surface area (Å²) in [5.74, 6) is 5.35. The smallest absolute Gasteiger partial charge is 0.255 e. The van der Waals surface area contributed by atoms with Gasteiger partial charge in [0.05, 0.1) is 5.56 Å². The summed E-state index contributed by atoms with van der Waals surface area (Å²) in [4.78, 5) is 20.9. The van der Waals surface area contributed by atoms with Gasteiger partial charge in [-0.1, -0.05) is 11.8 Å². The maximum atomic E-state index is 12.7. The van der Waals surface area contributed by atoms with Crippen molar-refractivity contribution in [2.24, 2.45) is 0 Å². The van der Waals surface area contributed by atoms with Crippen LogP contribution in [0.25, 0.3) is 0 Å². The van der Waals surface area contributed by atoms with E-state index >= 15 is 0 Å². The van der Waals surface area contributed by atoms with Crippen molar-refractivity contribution in [1.29, 1.82) is 0 Å². The Balaban J connectivity index is 2.18. The third-order valence-electron chi connectivity index (χ3n) is 3.60.